The van der Waals surface area contributed by atoms with Crippen LogP contribution in [0.1, 0.15) is 94.8 Å². The highest BCUT2D eigenvalue weighted by molar-refractivity contribution is 5.92. The minimum Gasteiger partial charge on any atom is -0.507 e. The molecule has 0 unspecified atom stereocenters. The third kappa shape index (κ3) is 4.54. The number of hydrogen-bond donors (Lipinski definition) is 2. The van der Waals surface area contributed by atoms with Gasteiger partial charge in [-0.1, -0.05) is 66.7 Å². The predicted octanol–water partition coefficient (Wildman–Crippen LogP) is 5.23. The zero-order valence-corrected chi connectivity index (χ0v) is 16.0. The Bertz CT molecular complexity index is 674. The van der Waals surface area contributed by atoms with Crippen molar-refractivity contribution in [2.75, 3.05) is 0 Å². The molecule has 0 bridgehead atoms. The molecule has 132 valence electrons. The predicted molar refractivity (Wildman–Crippen MR) is 98.9 cm³/mol. The van der Waals surface area contributed by atoms with E-state index in [9.17, 15) is 15.0 Å². The number of phenolic OH excluding ortho intramolecular Hbond substituents is 1. The van der Waals surface area contributed by atoms with Crippen molar-refractivity contribution in [3.63, 3.8) is 0 Å². The first-order valence-corrected chi connectivity index (χ1v) is 8.54. The summed E-state index contributed by atoms with van der Waals surface area (Å²) in [5, 5.41) is 20.6. The third-order valence-corrected chi connectivity index (χ3v) is 3.96. The van der Waals surface area contributed by atoms with Gasteiger partial charge in [-0.3, -0.25) is 0 Å². The van der Waals surface area contributed by atoms with E-state index in [4.69, 9.17) is 0 Å². The van der Waals surface area contributed by atoms with E-state index in [1.54, 1.807) is 6.07 Å². The maximum absolute atomic E-state index is 11.8. The zero-order valence-electron chi connectivity index (χ0n) is 16.0. The number of rotatable bonds is 3. The van der Waals surface area contributed by atoms with Crippen molar-refractivity contribution >= 4 is 5.97 Å². The molecule has 2 N–H and O–H groups in total. The lowest BCUT2D eigenvalue weighted by Crippen LogP contribution is -2.21. The van der Waals surface area contributed by atoms with E-state index >= 15 is 0 Å². The molecule has 0 saturated carbocycles. The van der Waals surface area contributed by atoms with Crippen LogP contribution < -0.4 is 0 Å². The quantitative estimate of drug-likeness (QED) is 0.589. The Morgan fingerprint density at radius 2 is 1.71 bits per heavy atom. The van der Waals surface area contributed by atoms with Gasteiger partial charge in [-0.05, 0) is 23.3 Å². The fraction of sp³-hybridized carbons (Fsp3) is 0.571. The maximum Gasteiger partial charge on any atom is 0.336 e. The second kappa shape index (κ2) is 7.30. The smallest absolute Gasteiger partial charge is 0.336 e. The molecule has 1 rings (SSSR count). The normalized spacial score (nSPS) is 11.8. The van der Waals surface area contributed by atoms with E-state index in [-0.39, 0.29) is 16.7 Å². The van der Waals surface area contributed by atoms with Crippen LogP contribution in [0.2, 0.25) is 0 Å². The molecule has 0 saturated heterocycles. The van der Waals surface area contributed by atoms with Crippen molar-refractivity contribution in [3.05, 3.63) is 28.3 Å². The lowest BCUT2D eigenvalue weighted by Gasteiger charge is -2.29. The molecular formula is C21H30O3. The summed E-state index contributed by atoms with van der Waals surface area (Å²) in [6, 6.07) is 1.58. The summed E-state index contributed by atoms with van der Waals surface area (Å²) in [4.78, 5) is 11.8. The SMILES string of the molecule is CCCCC#Cc1c(C(=O)O)cc(C(C)(C)C)c(O)c1C(C)(C)C. The minimum atomic E-state index is -1.01. The van der Waals surface area contributed by atoms with Crippen LogP contribution in [-0.4, -0.2) is 16.2 Å². The molecule has 1 aromatic carbocycles. The Labute approximate surface area is 146 Å². The lowest BCUT2D eigenvalue weighted by atomic mass is 9.75. The number of hydrogen-bond acceptors (Lipinski definition) is 2. The molecule has 3 nitrogen and oxygen atoms in total. The van der Waals surface area contributed by atoms with Gasteiger partial charge in [0.25, 0.3) is 0 Å². The number of carboxylic acid groups (broad SMARTS) is 1. The molecule has 3 heteroatoms. The van der Waals surface area contributed by atoms with Gasteiger partial charge in [0.15, 0.2) is 0 Å². The van der Waals surface area contributed by atoms with E-state index < -0.39 is 11.4 Å². The van der Waals surface area contributed by atoms with E-state index in [0.717, 1.165) is 19.3 Å². The highest BCUT2D eigenvalue weighted by atomic mass is 16.4. The van der Waals surface area contributed by atoms with Crippen LogP contribution in [0.3, 0.4) is 0 Å². The van der Waals surface area contributed by atoms with Crippen molar-refractivity contribution in [2.24, 2.45) is 0 Å². The first-order valence-electron chi connectivity index (χ1n) is 8.54. The summed E-state index contributed by atoms with van der Waals surface area (Å²) in [6.07, 6.45) is 2.74. The van der Waals surface area contributed by atoms with Crippen LogP contribution in [0.15, 0.2) is 6.07 Å². The van der Waals surface area contributed by atoms with Crippen LogP contribution in [0.4, 0.5) is 0 Å². The van der Waals surface area contributed by atoms with Crippen LogP contribution in [0, 0.1) is 11.8 Å². The van der Waals surface area contributed by atoms with Gasteiger partial charge in [-0.25, -0.2) is 4.79 Å². The molecule has 0 aliphatic carbocycles. The monoisotopic (exact) mass is 330 g/mol. The lowest BCUT2D eigenvalue weighted by molar-refractivity contribution is 0.0696. The third-order valence-electron chi connectivity index (χ3n) is 3.96. The zero-order chi connectivity index (χ0) is 18.7. The van der Waals surface area contributed by atoms with Gasteiger partial charge in [0.2, 0.25) is 0 Å². The van der Waals surface area contributed by atoms with Crippen LogP contribution >= 0.6 is 0 Å². The van der Waals surface area contributed by atoms with Gasteiger partial charge in [0.05, 0.1) is 5.56 Å². The number of aromatic carboxylic acids is 1. The fourth-order valence-electron chi connectivity index (χ4n) is 2.69. The van der Waals surface area contributed by atoms with Gasteiger partial charge in [0, 0.05) is 23.1 Å². The minimum absolute atomic E-state index is 0.166. The molecule has 0 fully saturated rings. The molecule has 0 atom stereocenters. The summed E-state index contributed by atoms with van der Waals surface area (Å²) < 4.78 is 0. The summed E-state index contributed by atoms with van der Waals surface area (Å²) in [5.74, 6) is 5.26. The largest absolute Gasteiger partial charge is 0.507 e. The Hall–Kier alpha value is -1.95. The van der Waals surface area contributed by atoms with Gasteiger partial charge in [-0.15, -0.1) is 0 Å². The molecule has 1 aromatic rings. The fourth-order valence-corrected chi connectivity index (χ4v) is 2.69. The van der Waals surface area contributed by atoms with Crippen LogP contribution in [0.5, 0.6) is 5.75 Å². The maximum atomic E-state index is 11.8. The molecule has 0 amide bonds. The van der Waals surface area contributed by atoms with Crippen molar-refractivity contribution in [2.45, 2.75) is 78.6 Å². The topological polar surface area (TPSA) is 57.5 Å². The number of aromatic hydroxyl groups is 1. The first-order chi connectivity index (χ1) is 10.9. The highest BCUT2D eigenvalue weighted by Gasteiger charge is 2.31. The Morgan fingerprint density at radius 1 is 1.12 bits per heavy atom. The molecular weight excluding hydrogens is 300 g/mol. The molecule has 0 aromatic heterocycles. The summed E-state index contributed by atoms with van der Waals surface area (Å²) in [5.41, 5.74) is 1.11. The molecule has 0 aliphatic rings. The number of benzene rings is 1. The highest BCUT2D eigenvalue weighted by Crippen LogP contribution is 2.42. The van der Waals surface area contributed by atoms with E-state index in [1.807, 2.05) is 41.5 Å². The first kappa shape index (κ1) is 20.1. The van der Waals surface area contributed by atoms with Crippen LogP contribution in [-0.2, 0) is 10.8 Å². The Kier molecular flexibility index (Phi) is 6.11. The average molecular weight is 330 g/mol. The number of carboxylic acids is 1. The number of carbonyl (C=O) groups is 1. The van der Waals surface area contributed by atoms with Gasteiger partial charge in [0.1, 0.15) is 5.75 Å². The summed E-state index contributed by atoms with van der Waals surface area (Å²) >= 11 is 0. The summed E-state index contributed by atoms with van der Waals surface area (Å²) in [7, 11) is 0. The van der Waals surface area contributed by atoms with Gasteiger partial charge >= 0.3 is 5.97 Å². The van der Waals surface area contributed by atoms with E-state index in [2.05, 4.69) is 18.8 Å². The molecule has 0 aliphatic heterocycles. The van der Waals surface area contributed by atoms with E-state index in [1.165, 1.54) is 0 Å². The molecule has 0 spiro atoms. The van der Waals surface area contributed by atoms with Crippen molar-refractivity contribution in [3.8, 4) is 17.6 Å². The molecule has 0 radical (unpaired) electrons. The number of phenols is 1. The second-order valence-corrected chi connectivity index (χ2v) is 8.28. The van der Waals surface area contributed by atoms with Gasteiger partial charge < -0.3 is 10.2 Å². The van der Waals surface area contributed by atoms with Gasteiger partial charge in [-0.2, -0.15) is 0 Å². The van der Waals surface area contributed by atoms with Crippen LogP contribution in [0.25, 0.3) is 0 Å². The molecule has 0 heterocycles. The second-order valence-electron chi connectivity index (χ2n) is 8.28. The Morgan fingerprint density at radius 3 is 2.12 bits per heavy atom. The molecule has 24 heavy (non-hydrogen) atoms. The Balaban J connectivity index is 3.79. The number of unbranched alkanes of at least 4 members (excludes halogenated alkanes) is 2. The standard InChI is InChI=1S/C21H30O3/c1-8-9-10-11-12-14-15(19(23)24)13-16(20(2,3)4)18(22)17(14)21(5,6)7/h13,22H,8-10H2,1-7H3,(H,23,24). The average Bonchev–Trinajstić information content (AvgIpc) is 2.40. The van der Waals surface area contributed by atoms with Crippen molar-refractivity contribution < 1.29 is 15.0 Å². The van der Waals surface area contributed by atoms with Crippen molar-refractivity contribution in [1.82, 2.24) is 0 Å². The van der Waals surface area contributed by atoms with E-state index in [0.29, 0.717) is 16.7 Å². The van der Waals surface area contributed by atoms with Crippen molar-refractivity contribution in [1.29, 1.82) is 0 Å². The summed E-state index contributed by atoms with van der Waals surface area (Å²) in [6.45, 7) is 13.9.